The minimum atomic E-state index is -0.255. The number of hydrogen-bond donors (Lipinski definition) is 0. The van der Waals surface area contributed by atoms with Gasteiger partial charge in [-0.2, -0.15) is 9.64 Å². The van der Waals surface area contributed by atoms with Crippen LogP contribution in [0, 0.1) is 11.3 Å². The molecule has 3 aromatic rings. The van der Waals surface area contributed by atoms with Crippen molar-refractivity contribution in [2.45, 2.75) is 38.3 Å². The molecule has 1 amide bonds. The summed E-state index contributed by atoms with van der Waals surface area (Å²) < 4.78 is 6.48. The average molecular weight is 426 g/mol. The van der Waals surface area contributed by atoms with E-state index >= 15 is 0 Å². The Kier molecular flexibility index (Phi) is 4.33. The molecule has 3 heterocycles. The van der Waals surface area contributed by atoms with E-state index in [1.165, 1.54) is 17.6 Å². The molecule has 0 N–H and O–H groups in total. The molecule has 2 aliphatic rings. The van der Waals surface area contributed by atoms with Crippen molar-refractivity contribution in [2.75, 3.05) is 6.54 Å². The quantitative estimate of drug-likeness (QED) is 0.637. The Labute approximate surface area is 175 Å². The van der Waals surface area contributed by atoms with Crippen LogP contribution in [0.25, 0.3) is 10.8 Å². The fourth-order valence-corrected chi connectivity index (χ4v) is 4.46. The maximum absolute atomic E-state index is 13.1. The lowest BCUT2D eigenvalue weighted by molar-refractivity contribution is 0.0638. The minimum Gasteiger partial charge on any atom is -0.327 e. The zero-order valence-corrected chi connectivity index (χ0v) is 17.1. The van der Waals surface area contributed by atoms with Gasteiger partial charge in [-0.1, -0.05) is 11.6 Å². The van der Waals surface area contributed by atoms with E-state index in [4.69, 9.17) is 11.6 Å². The van der Waals surface area contributed by atoms with Gasteiger partial charge in [-0.05, 0) is 49.5 Å². The highest BCUT2D eigenvalue weighted by Crippen LogP contribution is 2.40. The van der Waals surface area contributed by atoms with Crippen molar-refractivity contribution in [3.63, 3.8) is 0 Å². The second-order valence-corrected chi connectivity index (χ2v) is 8.41. The molecule has 8 nitrogen and oxygen atoms in total. The second-order valence-electron chi connectivity index (χ2n) is 7.25. The third-order valence-electron chi connectivity index (χ3n) is 5.36. The van der Waals surface area contributed by atoms with E-state index in [2.05, 4.69) is 19.6 Å². The van der Waals surface area contributed by atoms with Gasteiger partial charge in [0.05, 0.1) is 16.6 Å². The molecule has 2 aromatic heterocycles. The molecule has 10 heteroatoms. The van der Waals surface area contributed by atoms with E-state index in [9.17, 15) is 10.1 Å². The maximum atomic E-state index is 13.1. The summed E-state index contributed by atoms with van der Waals surface area (Å²) in [5, 5.41) is 19.0. The first-order valence-electron chi connectivity index (χ1n) is 9.34. The highest BCUT2D eigenvalue weighted by Gasteiger charge is 2.34. The average Bonchev–Trinajstić information content (AvgIpc) is 3.30. The van der Waals surface area contributed by atoms with E-state index in [0.717, 1.165) is 29.5 Å². The van der Waals surface area contributed by atoms with Crippen LogP contribution in [0.4, 0.5) is 0 Å². The fraction of sp³-hybridized carbons (Fsp3) is 0.368. The summed E-state index contributed by atoms with van der Waals surface area (Å²) in [6, 6.07) is 6.51. The van der Waals surface area contributed by atoms with Crippen LogP contribution in [0.15, 0.2) is 18.2 Å². The lowest BCUT2D eigenvalue weighted by Gasteiger charge is -2.33. The molecule has 0 unspecified atom stereocenters. The summed E-state index contributed by atoms with van der Waals surface area (Å²) in [7, 11) is 0. The van der Waals surface area contributed by atoms with Crippen LogP contribution in [-0.2, 0) is 6.54 Å². The van der Waals surface area contributed by atoms with Gasteiger partial charge in [-0.25, -0.2) is 4.98 Å². The van der Waals surface area contributed by atoms with E-state index < -0.39 is 0 Å². The van der Waals surface area contributed by atoms with Crippen LogP contribution < -0.4 is 0 Å². The Balaban J connectivity index is 1.42. The van der Waals surface area contributed by atoms with Crippen molar-refractivity contribution < 1.29 is 4.79 Å². The Morgan fingerprint density at radius 1 is 1.31 bits per heavy atom. The molecular weight excluding hydrogens is 410 g/mol. The molecule has 29 heavy (non-hydrogen) atoms. The predicted octanol–water partition coefficient (Wildman–Crippen LogP) is 3.42. The maximum Gasteiger partial charge on any atom is 0.254 e. The van der Waals surface area contributed by atoms with Gasteiger partial charge in [0.1, 0.15) is 11.9 Å². The zero-order chi connectivity index (χ0) is 20.1. The van der Waals surface area contributed by atoms with E-state index in [1.54, 1.807) is 17.0 Å². The lowest BCUT2D eigenvalue weighted by Crippen LogP contribution is -2.41. The summed E-state index contributed by atoms with van der Waals surface area (Å²) in [4.78, 5) is 19.4. The number of amides is 1. The standard InChI is InChI=1S/C19H16ClN7OS/c1-10-16-23-24-17(18-22-15(25-29-18)11-2-3-11)27(16)7-6-26(10)19(28)12-4-5-14(20)13(8-12)9-21/h4-5,8,10-11H,2-3,6-7H2,1H3/t10-/m1/s1. The molecule has 0 spiro atoms. The van der Waals surface area contributed by atoms with Gasteiger partial charge in [0.25, 0.3) is 5.91 Å². The van der Waals surface area contributed by atoms with Crippen LogP contribution in [0.2, 0.25) is 5.02 Å². The van der Waals surface area contributed by atoms with Crippen molar-refractivity contribution in [3.05, 3.63) is 46.0 Å². The van der Waals surface area contributed by atoms with Crippen LogP contribution >= 0.6 is 23.1 Å². The molecule has 0 saturated heterocycles. The number of carbonyl (C=O) groups excluding carboxylic acids is 1. The molecule has 1 saturated carbocycles. The monoisotopic (exact) mass is 425 g/mol. The van der Waals surface area contributed by atoms with Crippen LogP contribution in [-0.4, -0.2) is 41.5 Å². The summed E-state index contributed by atoms with van der Waals surface area (Å²) in [6.45, 7) is 3.01. The Morgan fingerprint density at radius 3 is 2.90 bits per heavy atom. The number of fused-ring (bicyclic) bond motifs is 1. The third kappa shape index (κ3) is 3.09. The van der Waals surface area contributed by atoms with E-state index in [0.29, 0.717) is 35.4 Å². The molecule has 5 rings (SSSR count). The number of rotatable bonds is 3. The largest absolute Gasteiger partial charge is 0.327 e. The summed E-state index contributed by atoms with van der Waals surface area (Å²) in [5.74, 6) is 2.67. The number of aromatic nitrogens is 5. The minimum absolute atomic E-state index is 0.159. The number of nitrogens with zero attached hydrogens (tertiary/aromatic N) is 7. The summed E-state index contributed by atoms with van der Waals surface area (Å²) in [6.07, 6.45) is 2.31. The molecule has 0 bridgehead atoms. The first-order valence-corrected chi connectivity index (χ1v) is 10.5. The fourth-order valence-electron chi connectivity index (χ4n) is 3.56. The van der Waals surface area contributed by atoms with Crippen LogP contribution in [0.5, 0.6) is 0 Å². The van der Waals surface area contributed by atoms with Crippen molar-refractivity contribution in [2.24, 2.45) is 0 Å². The normalized spacial score (nSPS) is 18.4. The van der Waals surface area contributed by atoms with E-state index in [-0.39, 0.29) is 17.5 Å². The molecule has 1 aliphatic heterocycles. The van der Waals surface area contributed by atoms with Gasteiger partial charge in [0, 0.05) is 24.6 Å². The van der Waals surface area contributed by atoms with Gasteiger partial charge in [-0.15, -0.1) is 10.2 Å². The number of carbonyl (C=O) groups is 1. The highest BCUT2D eigenvalue weighted by atomic mass is 35.5. The van der Waals surface area contributed by atoms with Gasteiger partial charge in [-0.3, -0.25) is 4.79 Å². The molecular formula is C19H16ClN7OS. The predicted molar refractivity (Wildman–Crippen MR) is 107 cm³/mol. The molecule has 1 aromatic carbocycles. The lowest BCUT2D eigenvalue weighted by atomic mass is 10.1. The van der Waals surface area contributed by atoms with Crippen molar-refractivity contribution >= 4 is 29.0 Å². The van der Waals surface area contributed by atoms with Gasteiger partial charge < -0.3 is 9.47 Å². The highest BCUT2D eigenvalue weighted by molar-refractivity contribution is 7.09. The van der Waals surface area contributed by atoms with Crippen molar-refractivity contribution in [3.8, 4) is 16.9 Å². The van der Waals surface area contributed by atoms with Crippen LogP contribution in [0.3, 0.4) is 0 Å². The summed E-state index contributed by atoms with van der Waals surface area (Å²) >= 11 is 7.34. The molecule has 0 radical (unpaired) electrons. The zero-order valence-electron chi connectivity index (χ0n) is 15.5. The van der Waals surface area contributed by atoms with Crippen molar-refractivity contribution in [1.82, 2.24) is 29.0 Å². The number of benzene rings is 1. The number of halogens is 1. The molecule has 1 atom stereocenters. The number of nitriles is 1. The first-order chi connectivity index (χ1) is 14.1. The van der Waals surface area contributed by atoms with Crippen LogP contribution in [0.1, 0.15) is 59.3 Å². The molecule has 146 valence electrons. The Morgan fingerprint density at radius 2 is 2.14 bits per heavy atom. The smallest absolute Gasteiger partial charge is 0.254 e. The first kappa shape index (κ1) is 18.2. The Bertz CT molecular complexity index is 1160. The topological polar surface area (TPSA) is 101 Å². The second kappa shape index (κ2) is 6.90. The van der Waals surface area contributed by atoms with Gasteiger partial charge in [0.15, 0.2) is 16.7 Å². The number of hydrogen-bond acceptors (Lipinski definition) is 7. The summed E-state index contributed by atoms with van der Waals surface area (Å²) in [5.41, 5.74) is 0.722. The van der Waals surface area contributed by atoms with Crippen molar-refractivity contribution in [1.29, 1.82) is 5.26 Å². The van der Waals surface area contributed by atoms with Gasteiger partial charge >= 0.3 is 0 Å². The van der Waals surface area contributed by atoms with Gasteiger partial charge in [0.2, 0.25) is 0 Å². The van der Waals surface area contributed by atoms with E-state index in [1.807, 2.05) is 17.6 Å². The third-order valence-corrected chi connectivity index (χ3v) is 6.41. The Hall–Kier alpha value is -2.83. The molecule has 1 fully saturated rings. The molecule has 1 aliphatic carbocycles. The SMILES string of the molecule is C[C@@H]1c2nnc(-c3nc(C4CC4)ns3)n2CCN1C(=O)c1ccc(Cl)c(C#N)c1.